The molecule has 1 saturated heterocycles. The van der Waals surface area contributed by atoms with Crippen LogP contribution in [0, 0.1) is 19.8 Å². The van der Waals surface area contributed by atoms with Crippen LogP contribution < -0.4 is 4.90 Å². The summed E-state index contributed by atoms with van der Waals surface area (Å²) in [7, 11) is 0. The molecule has 1 aliphatic heterocycles. The van der Waals surface area contributed by atoms with Crippen molar-refractivity contribution in [2.75, 3.05) is 18.0 Å². The third kappa shape index (κ3) is 2.43. The van der Waals surface area contributed by atoms with E-state index in [0.29, 0.717) is 11.6 Å². The van der Waals surface area contributed by atoms with Gasteiger partial charge in [-0.15, -0.1) is 0 Å². The number of fused-ring (bicyclic) bond motifs is 1. The van der Waals surface area contributed by atoms with Crippen molar-refractivity contribution in [3.8, 4) is 0 Å². The highest BCUT2D eigenvalue weighted by atomic mass is 16.3. The summed E-state index contributed by atoms with van der Waals surface area (Å²) in [4.78, 5) is 18.2. The van der Waals surface area contributed by atoms with Crippen LogP contribution in [0.4, 0.5) is 5.82 Å². The summed E-state index contributed by atoms with van der Waals surface area (Å²) in [5.41, 5.74) is 2.10. The van der Waals surface area contributed by atoms with Crippen LogP contribution in [-0.2, 0) is 0 Å². The first-order valence-corrected chi connectivity index (χ1v) is 8.24. The van der Waals surface area contributed by atoms with Gasteiger partial charge in [-0.25, -0.2) is 9.97 Å². The Morgan fingerprint density at radius 1 is 1.25 bits per heavy atom. The molecule has 0 saturated carbocycles. The Morgan fingerprint density at radius 3 is 2.75 bits per heavy atom. The van der Waals surface area contributed by atoms with Gasteiger partial charge in [0.1, 0.15) is 24.1 Å². The number of aromatic amines is 1. The number of piperidine rings is 1. The minimum absolute atomic E-state index is 0.210. The molecule has 2 N–H and O–H groups in total. The molecule has 0 aliphatic carbocycles. The van der Waals surface area contributed by atoms with Crippen molar-refractivity contribution in [1.82, 2.24) is 29.5 Å². The van der Waals surface area contributed by atoms with Gasteiger partial charge in [-0.2, -0.15) is 14.6 Å². The molecule has 0 radical (unpaired) electrons. The number of imidazole rings is 1. The lowest BCUT2D eigenvalue weighted by Gasteiger charge is -2.35. The van der Waals surface area contributed by atoms with Gasteiger partial charge in [-0.1, -0.05) is 0 Å². The summed E-state index contributed by atoms with van der Waals surface area (Å²) in [5.74, 6) is 2.55. The molecule has 0 bridgehead atoms. The number of hydrogen-bond acceptors (Lipinski definition) is 6. The maximum absolute atomic E-state index is 10.5. The molecule has 3 aromatic heterocycles. The molecular weight excluding hydrogens is 306 g/mol. The molecule has 8 nitrogen and oxygen atoms in total. The van der Waals surface area contributed by atoms with E-state index >= 15 is 0 Å². The van der Waals surface area contributed by atoms with Gasteiger partial charge in [0.15, 0.2) is 0 Å². The zero-order valence-corrected chi connectivity index (χ0v) is 13.8. The van der Waals surface area contributed by atoms with Crippen molar-refractivity contribution in [2.24, 2.45) is 5.92 Å². The van der Waals surface area contributed by atoms with E-state index in [4.69, 9.17) is 0 Å². The lowest BCUT2D eigenvalue weighted by Crippen LogP contribution is -2.37. The molecule has 24 heavy (non-hydrogen) atoms. The Morgan fingerprint density at radius 2 is 2.04 bits per heavy atom. The van der Waals surface area contributed by atoms with Gasteiger partial charge in [-0.05, 0) is 32.6 Å². The third-order valence-corrected chi connectivity index (χ3v) is 4.96. The predicted molar refractivity (Wildman–Crippen MR) is 88.7 cm³/mol. The van der Waals surface area contributed by atoms with Crippen molar-refractivity contribution in [1.29, 1.82) is 0 Å². The molecule has 0 amide bonds. The smallest absolute Gasteiger partial charge is 0.254 e. The summed E-state index contributed by atoms with van der Waals surface area (Å²) < 4.78 is 1.81. The van der Waals surface area contributed by atoms with Gasteiger partial charge in [0.05, 0.1) is 0 Å². The molecule has 126 valence electrons. The van der Waals surface area contributed by atoms with Crippen LogP contribution in [0.1, 0.15) is 36.0 Å². The molecule has 4 rings (SSSR count). The first-order valence-electron chi connectivity index (χ1n) is 8.24. The van der Waals surface area contributed by atoms with Crippen molar-refractivity contribution >= 4 is 11.6 Å². The van der Waals surface area contributed by atoms with E-state index in [1.54, 1.807) is 12.4 Å². The number of nitrogens with zero attached hydrogens (tertiary/aromatic N) is 6. The molecule has 0 aromatic carbocycles. The fraction of sp³-hybridized carbons (Fsp3) is 0.500. The number of aryl methyl sites for hydroxylation is 1. The maximum Gasteiger partial charge on any atom is 0.254 e. The quantitative estimate of drug-likeness (QED) is 0.755. The molecule has 1 fully saturated rings. The number of hydrogen-bond donors (Lipinski definition) is 2. The first kappa shape index (κ1) is 15.1. The molecule has 3 aromatic rings. The van der Waals surface area contributed by atoms with Crippen LogP contribution >= 0.6 is 0 Å². The maximum atomic E-state index is 10.5. The van der Waals surface area contributed by atoms with E-state index in [1.807, 2.05) is 11.4 Å². The van der Waals surface area contributed by atoms with Gasteiger partial charge in [0.2, 0.25) is 0 Å². The van der Waals surface area contributed by atoms with Crippen LogP contribution in [0.3, 0.4) is 0 Å². The summed E-state index contributed by atoms with van der Waals surface area (Å²) in [5, 5.41) is 14.8. The number of H-pyrrole nitrogens is 1. The number of aliphatic hydroxyl groups is 1. The lowest BCUT2D eigenvalue weighted by molar-refractivity contribution is 0.0855. The zero-order chi connectivity index (χ0) is 16.7. The Labute approximate surface area is 139 Å². The largest absolute Gasteiger partial charge is 0.385 e. The number of nitrogens with one attached hydrogen (secondary N) is 1. The minimum Gasteiger partial charge on any atom is -0.385 e. The van der Waals surface area contributed by atoms with Crippen molar-refractivity contribution < 1.29 is 5.11 Å². The van der Waals surface area contributed by atoms with Gasteiger partial charge in [-0.3, -0.25) is 0 Å². The molecule has 1 aliphatic rings. The fourth-order valence-corrected chi connectivity index (χ4v) is 3.48. The van der Waals surface area contributed by atoms with Gasteiger partial charge < -0.3 is 15.0 Å². The molecule has 4 heterocycles. The SMILES string of the molecule is Cc1nc2ncnn2c(N2CCC(C(O)c3ncc[nH]3)CC2)c1C. The van der Waals surface area contributed by atoms with Gasteiger partial charge >= 0.3 is 0 Å². The van der Waals surface area contributed by atoms with E-state index in [-0.39, 0.29) is 5.92 Å². The van der Waals surface area contributed by atoms with Crippen molar-refractivity contribution in [3.63, 3.8) is 0 Å². The summed E-state index contributed by atoms with van der Waals surface area (Å²) in [6.45, 7) is 5.80. The highest BCUT2D eigenvalue weighted by Gasteiger charge is 2.29. The third-order valence-electron chi connectivity index (χ3n) is 4.96. The van der Waals surface area contributed by atoms with E-state index in [2.05, 4.69) is 36.9 Å². The average molecular weight is 327 g/mol. The highest BCUT2D eigenvalue weighted by molar-refractivity contribution is 5.54. The van der Waals surface area contributed by atoms with Gasteiger partial charge in [0.25, 0.3) is 5.78 Å². The Hall–Kier alpha value is -2.48. The van der Waals surface area contributed by atoms with Crippen LogP contribution in [0.15, 0.2) is 18.7 Å². The molecule has 1 unspecified atom stereocenters. The second-order valence-electron chi connectivity index (χ2n) is 6.36. The second kappa shape index (κ2) is 5.86. The van der Waals surface area contributed by atoms with Crippen molar-refractivity contribution in [2.45, 2.75) is 32.8 Å². The van der Waals surface area contributed by atoms with E-state index in [1.165, 1.54) is 6.33 Å². The van der Waals surface area contributed by atoms with Crippen LogP contribution in [-0.4, -0.2) is 47.7 Å². The monoisotopic (exact) mass is 327 g/mol. The van der Waals surface area contributed by atoms with Crippen LogP contribution in [0.2, 0.25) is 0 Å². The number of rotatable bonds is 3. The molecule has 1 atom stereocenters. The number of anilines is 1. The number of aliphatic hydroxyl groups excluding tert-OH is 1. The number of aromatic nitrogens is 6. The molecular formula is C16H21N7O. The Kier molecular flexibility index (Phi) is 3.68. The molecule has 8 heteroatoms. The minimum atomic E-state index is -0.534. The fourth-order valence-electron chi connectivity index (χ4n) is 3.48. The lowest BCUT2D eigenvalue weighted by atomic mass is 9.90. The average Bonchev–Trinajstić information content (AvgIpc) is 3.27. The topological polar surface area (TPSA) is 95.2 Å². The summed E-state index contributed by atoms with van der Waals surface area (Å²) in [6, 6.07) is 0. The summed E-state index contributed by atoms with van der Waals surface area (Å²) in [6.07, 6.45) is 6.24. The Bertz CT molecular complexity index is 834. The second-order valence-corrected chi connectivity index (χ2v) is 6.36. The van der Waals surface area contributed by atoms with E-state index in [0.717, 1.165) is 43.0 Å². The van der Waals surface area contributed by atoms with Crippen molar-refractivity contribution in [3.05, 3.63) is 35.8 Å². The molecule has 0 spiro atoms. The van der Waals surface area contributed by atoms with Crippen LogP contribution in [0.25, 0.3) is 5.78 Å². The summed E-state index contributed by atoms with van der Waals surface area (Å²) >= 11 is 0. The van der Waals surface area contributed by atoms with Crippen LogP contribution in [0.5, 0.6) is 0 Å². The van der Waals surface area contributed by atoms with E-state index in [9.17, 15) is 5.11 Å². The highest BCUT2D eigenvalue weighted by Crippen LogP contribution is 2.32. The Balaban J connectivity index is 1.56. The van der Waals surface area contributed by atoms with E-state index < -0.39 is 6.10 Å². The standard InChI is InChI=1S/C16H21N7O/c1-10-11(2)21-16-19-9-20-23(16)15(10)22-7-3-12(4-8-22)13(24)14-17-5-6-18-14/h5-6,9,12-13,24H,3-4,7-8H2,1-2H3,(H,17,18). The van der Waals surface area contributed by atoms with Gasteiger partial charge in [0, 0.05) is 36.7 Å². The first-order chi connectivity index (χ1) is 11.6. The predicted octanol–water partition coefficient (Wildman–Crippen LogP) is 1.41. The zero-order valence-electron chi connectivity index (χ0n) is 13.8. The normalized spacial score (nSPS) is 17.5.